The highest BCUT2D eigenvalue weighted by atomic mass is 16.5. The minimum Gasteiger partial charge on any atom is -0.493 e. The highest BCUT2D eigenvalue weighted by molar-refractivity contribution is 5.95. The molecular weight excluding hydrogens is 420 g/mol. The Morgan fingerprint density at radius 2 is 1.64 bits per heavy atom. The molecule has 0 unspecified atom stereocenters. The molecule has 0 spiro atoms. The molecule has 3 aromatic rings. The van der Waals surface area contributed by atoms with Crippen molar-refractivity contribution in [1.82, 2.24) is 15.2 Å². The summed E-state index contributed by atoms with van der Waals surface area (Å²) in [7, 11) is 3.21. The first kappa shape index (κ1) is 22.1. The van der Waals surface area contributed by atoms with Crippen LogP contribution in [0, 0.1) is 0 Å². The van der Waals surface area contributed by atoms with E-state index in [0.29, 0.717) is 42.4 Å². The van der Waals surface area contributed by atoms with E-state index < -0.39 is 0 Å². The fraction of sp³-hybridized carbons (Fsp3) is 0.240. The summed E-state index contributed by atoms with van der Waals surface area (Å²) >= 11 is 0. The molecule has 33 heavy (non-hydrogen) atoms. The second kappa shape index (κ2) is 10.0. The van der Waals surface area contributed by atoms with Crippen LogP contribution in [0.5, 0.6) is 11.5 Å². The van der Waals surface area contributed by atoms with Gasteiger partial charge in [0.2, 0.25) is 0 Å². The third-order valence-corrected chi connectivity index (χ3v) is 5.61. The quantitative estimate of drug-likeness (QED) is 0.603. The van der Waals surface area contributed by atoms with E-state index in [1.54, 1.807) is 55.8 Å². The Hall–Kier alpha value is -4.07. The molecule has 2 aromatic carbocycles. The molecule has 0 saturated heterocycles. The van der Waals surface area contributed by atoms with E-state index in [0.717, 1.165) is 23.1 Å². The Kier molecular flexibility index (Phi) is 6.73. The van der Waals surface area contributed by atoms with Crippen LogP contribution in [-0.4, -0.2) is 42.6 Å². The average Bonchev–Trinajstić information content (AvgIpc) is 2.87. The Morgan fingerprint density at radius 3 is 2.30 bits per heavy atom. The van der Waals surface area contributed by atoms with Gasteiger partial charge in [0.15, 0.2) is 11.5 Å². The lowest BCUT2D eigenvalue weighted by molar-refractivity contribution is 0.0951. The Bertz CT molecular complexity index is 1130. The van der Waals surface area contributed by atoms with Gasteiger partial charge in [-0.25, -0.2) is 4.79 Å². The van der Waals surface area contributed by atoms with Crippen molar-refractivity contribution >= 4 is 17.6 Å². The minimum absolute atomic E-state index is 0.179. The zero-order chi connectivity index (χ0) is 23.2. The zero-order valence-electron chi connectivity index (χ0n) is 18.6. The van der Waals surface area contributed by atoms with Crippen LogP contribution >= 0.6 is 0 Å². The van der Waals surface area contributed by atoms with Gasteiger partial charge in [0, 0.05) is 43.3 Å². The molecular formula is C25H26N4O4. The standard InChI is InChI=1S/C25H26N4O4/c1-32-22-13-19-9-12-29(16-20(19)14-23(22)33-2)25(31)28-21-5-3-18(4-6-21)24(30)27-15-17-7-10-26-11-8-17/h3-8,10-11,13-14H,9,12,15-16H2,1-2H3,(H,27,30)(H,28,31). The maximum absolute atomic E-state index is 12.8. The summed E-state index contributed by atoms with van der Waals surface area (Å²) in [5.41, 5.74) is 4.31. The number of anilines is 1. The van der Waals surface area contributed by atoms with Crippen LogP contribution in [0.1, 0.15) is 27.0 Å². The summed E-state index contributed by atoms with van der Waals surface area (Å²) < 4.78 is 10.8. The molecule has 8 nitrogen and oxygen atoms in total. The van der Waals surface area contributed by atoms with Crippen molar-refractivity contribution in [2.45, 2.75) is 19.5 Å². The lowest BCUT2D eigenvalue weighted by Gasteiger charge is -2.29. The summed E-state index contributed by atoms with van der Waals surface area (Å²) in [6.45, 7) is 1.51. The van der Waals surface area contributed by atoms with Crippen LogP contribution in [0.4, 0.5) is 10.5 Å². The number of fused-ring (bicyclic) bond motifs is 1. The van der Waals surface area contributed by atoms with Crippen LogP contribution in [0.15, 0.2) is 60.9 Å². The summed E-state index contributed by atoms with van der Waals surface area (Å²) in [5.74, 6) is 1.16. The first-order chi connectivity index (χ1) is 16.1. The van der Waals surface area contributed by atoms with Gasteiger partial charge in [0.25, 0.3) is 5.91 Å². The zero-order valence-corrected chi connectivity index (χ0v) is 18.6. The maximum atomic E-state index is 12.8. The monoisotopic (exact) mass is 446 g/mol. The molecule has 0 radical (unpaired) electrons. The molecule has 0 atom stereocenters. The number of pyridine rings is 1. The predicted octanol–water partition coefficient (Wildman–Crippen LogP) is 3.62. The van der Waals surface area contributed by atoms with Crippen LogP contribution < -0.4 is 20.1 Å². The fourth-order valence-electron chi connectivity index (χ4n) is 3.75. The van der Waals surface area contributed by atoms with Crippen molar-refractivity contribution in [1.29, 1.82) is 0 Å². The summed E-state index contributed by atoms with van der Waals surface area (Å²) in [6, 6.07) is 14.3. The van der Waals surface area contributed by atoms with Crippen molar-refractivity contribution in [3.8, 4) is 11.5 Å². The average molecular weight is 447 g/mol. The van der Waals surface area contributed by atoms with Gasteiger partial charge in [0.1, 0.15) is 0 Å². The SMILES string of the molecule is COc1cc2c(cc1OC)CN(C(=O)Nc1ccc(C(=O)NCc3ccncc3)cc1)CC2. The molecule has 4 rings (SSSR count). The second-order valence-electron chi connectivity index (χ2n) is 7.69. The van der Waals surface area contributed by atoms with E-state index in [-0.39, 0.29) is 11.9 Å². The summed E-state index contributed by atoms with van der Waals surface area (Å²) in [4.78, 5) is 30.9. The number of aromatic nitrogens is 1. The van der Waals surface area contributed by atoms with Crippen LogP contribution in [0.2, 0.25) is 0 Å². The molecule has 0 saturated carbocycles. The van der Waals surface area contributed by atoms with Gasteiger partial charge >= 0.3 is 6.03 Å². The van der Waals surface area contributed by atoms with E-state index in [4.69, 9.17) is 9.47 Å². The van der Waals surface area contributed by atoms with E-state index in [1.165, 1.54) is 0 Å². The highest BCUT2D eigenvalue weighted by Crippen LogP contribution is 2.33. The lowest BCUT2D eigenvalue weighted by Crippen LogP contribution is -2.38. The summed E-state index contributed by atoms with van der Waals surface area (Å²) in [5, 5.41) is 5.78. The smallest absolute Gasteiger partial charge is 0.322 e. The first-order valence-corrected chi connectivity index (χ1v) is 10.6. The molecule has 170 valence electrons. The fourth-order valence-corrected chi connectivity index (χ4v) is 3.75. The van der Waals surface area contributed by atoms with Crippen molar-refractivity contribution < 1.29 is 19.1 Å². The van der Waals surface area contributed by atoms with Gasteiger partial charge in [-0.15, -0.1) is 0 Å². The number of carbonyl (C=O) groups is 2. The van der Waals surface area contributed by atoms with Gasteiger partial charge in [0.05, 0.1) is 14.2 Å². The van der Waals surface area contributed by atoms with Gasteiger partial charge in [-0.3, -0.25) is 9.78 Å². The first-order valence-electron chi connectivity index (χ1n) is 10.6. The number of nitrogens with one attached hydrogen (secondary N) is 2. The largest absolute Gasteiger partial charge is 0.493 e. The molecule has 3 amide bonds. The number of ether oxygens (including phenoxy) is 2. The van der Waals surface area contributed by atoms with Gasteiger partial charge in [-0.1, -0.05) is 0 Å². The maximum Gasteiger partial charge on any atom is 0.322 e. The molecule has 2 N–H and O–H groups in total. The molecule has 0 aliphatic carbocycles. The Balaban J connectivity index is 1.35. The molecule has 0 bridgehead atoms. The van der Waals surface area contributed by atoms with Crippen molar-refractivity contribution in [3.63, 3.8) is 0 Å². The minimum atomic E-state index is -0.190. The third-order valence-electron chi connectivity index (χ3n) is 5.61. The Labute approximate surface area is 192 Å². The normalized spacial score (nSPS) is 12.5. The summed E-state index contributed by atoms with van der Waals surface area (Å²) in [6.07, 6.45) is 4.11. The number of urea groups is 1. The number of nitrogens with zero attached hydrogens (tertiary/aromatic N) is 2. The van der Waals surface area contributed by atoms with Gasteiger partial charge in [-0.05, 0) is 71.6 Å². The lowest BCUT2D eigenvalue weighted by atomic mass is 9.99. The number of hydrogen-bond acceptors (Lipinski definition) is 5. The van der Waals surface area contributed by atoms with E-state index >= 15 is 0 Å². The second-order valence-corrected chi connectivity index (χ2v) is 7.69. The molecule has 2 heterocycles. The Morgan fingerprint density at radius 1 is 0.970 bits per heavy atom. The molecule has 0 fully saturated rings. The van der Waals surface area contributed by atoms with E-state index in [9.17, 15) is 9.59 Å². The molecule has 8 heteroatoms. The number of rotatable bonds is 6. The molecule has 1 aliphatic rings. The molecule has 1 aromatic heterocycles. The highest BCUT2D eigenvalue weighted by Gasteiger charge is 2.23. The van der Waals surface area contributed by atoms with E-state index in [2.05, 4.69) is 15.6 Å². The van der Waals surface area contributed by atoms with Crippen molar-refractivity contribution in [2.75, 3.05) is 26.1 Å². The topological polar surface area (TPSA) is 92.8 Å². The van der Waals surface area contributed by atoms with Crippen LogP contribution in [0.3, 0.4) is 0 Å². The van der Waals surface area contributed by atoms with Crippen LogP contribution in [0.25, 0.3) is 0 Å². The third kappa shape index (κ3) is 5.23. The number of benzene rings is 2. The number of carbonyl (C=O) groups excluding carboxylic acids is 2. The van der Waals surface area contributed by atoms with Crippen LogP contribution in [-0.2, 0) is 19.5 Å². The van der Waals surface area contributed by atoms with Crippen molar-refractivity contribution in [2.24, 2.45) is 0 Å². The molecule has 1 aliphatic heterocycles. The van der Waals surface area contributed by atoms with Gasteiger partial charge < -0.3 is 25.0 Å². The van der Waals surface area contributed by atoms with Gasteiger partial charge in [-0.2, -0.15) is 0 Å². The number of hydrogen-bond donors (Lipinski definition) is 2. The number of amides is 3. The predicted molar refractivity (Wildman–Crippen MR) is 125 cm³/mol. The number of methoxy groups -OCH3 is 2. The van der Waals surface area contributed by atoms with E-state index in [1.807, 2.05) is 24.3 Å². The van der Waals surface area contributed by atoms with Crippen molar-refractivity contribution in [3.05, 3.63) is 83.2 Å².